The van der Waals surface area contributed by atoms with Crippen LogP contribution in [0.15, 0.2) is 0 Å². The molecule has 3 fully saturated rings. The first-order chi connectivity index (χ1) is 7.40. The Labute approximate surface area is 94.0 Å². The monoisotopic (exact) mass is 207 g/mol. The molecule has 0 saturated heterocycles. The summed E-state index contributed by atoms with van der Waals surface area (Å²) in [6.07, 6.45) is 10.6. The fourth-order valence-corrected chi connectivity index (χ4v) is 4.20. The van der Waals surface area contributed by atoms with Crippen molar-refractivity contribution in [1.82, 2.24) is 5.32 Å². The minimum Gasteiger partial charge on any atom is -0.314 e. The molecule has 0 amide bonds. The van der Waals surface area contributed by atoms with Crippen LogP contribution in [0.1, 0.15) is 51.9 Å². The zero-order valence-electron chi connectivity index (χ0n) is 10.0. The smallest absolute Gasteiger partial charge is 0.0103 e. The Kier molecular flexibility index (Phi) is 2.76. The maximum Gasteiger partial charge on any atom is 0.0103 e. The lowest BCUT2D eigenvalue weighted by atomic mass is 9.79. The summed E-state index contributed by atoms with van der Waals surface area (Å²) in [5.74, 6) is 4.43. The summed E-state index contributed by atoms with van der Waals surface area (Å²) in [7, 11) is 0. The molecule has 0 aromatic heterocycles. The topological polar surface area (TPSA) is 12.0 Å². The molecule has 0 heterocycles. The van der Waals surface area contributed by atoms with Gasteiger partial charge in [0.05, 0.1) is 0 Å². The van der Waals surface area contributed by atoms with Crippen LogP contribution in [0.3, 0.4) is 0 Å². The summed E-state index contributed by atoms with van der Waals surface area (Å²) in [4.78, 5) is 0. The lowest BCUT2D eigenvalue weighted by Gasteiger charge is -2.31. The average molecular weight is 207 g/mol. The maximum atomic E-state index is 3.77. The molecule has 1 nitrogen and oxygen atoms in total. The van der Waals surface area contributed by atoms with Crippen LogP contribution in [-0.4, -0.2) is 12.6 Å². The van der Waals surface area contributed by atoms with Gasteiger partial charge in [0.2, 0.25) is 0 Å². The molecule has 3 aliphatic carbocycles. The average Bonchev–Trinajstić information content (AvgIpc) is 2.65. The second kappa shape index (κ2) is 4.08. The maximum absolute atomic E-state index is 3.77. The number of fused-ring (bicyclic) bond motifs is 1. The van der Waals surface area contributed by atoms with Gasteiger partial charge in [-0.2, -0.15) is 0 Å². The lowest BCUT2D eigenvalue weighted by molar-refractivity contribution is 0.240. The van der Waals surface area contributed by atoms with E-state index in [0.29, 0.717) is 0 Å². The first kappa shape index (κ1) is 10.1. The van der Waals surface area contributed by atoms with E-state index in [1.165, 1.54) is 38.6 Å². The molecule has 0 spiro atoms. The summed E-state index contributed by atoms with van der Waals surface area (Å²) in [6, 6.07) is 0.885. The van der Waals surface area contributed by atoms with Gasteiger partial charge in [0.25, 0.3) is 0 Å². The molecule has 3 rings (SSSR count). The third-order valence-electron chi connectivity index (χ3n) is 5.22. The van der Waals surface area contributed by atoms with E-state index in [9.17, 15) is 0 Å². The summed E-state index contributed by atoms with van der Waals surface area (Å²) in [5, 5.41) is 3.77. The summed E-state index contributed by atoms with van der Waals surface area (Å²) >= 11 is 0. The second-order valence-electron chi connectivity index (χ2n) is 6.03. The van der Waals surface area contributed by atoms with E-state index in [-0.39, 0.29) is 0 Å². The fraction of sp³-hybridized carbons (Fsp3) is 1.00. The molecule has 1 N–H and O–H groups in total. The molecule has 1 heteroatoms. The number of hydrogen-bond acceptors (Lipinski definition) is 1. The highest BCUT2D eigenvalue weighted by Gasteiger charge is 2.55. The van der Waals surface area contributed by atoms with Crippen LogP contribution in [0.2, 0.25) is 0 Å². The van der Waals surface area contributed by atoms with E-state index in [2.05, 4.69) is 12.2 Å². The molecule has 3 saturated carbocycles. The SMILES string of the molecule is CCNC(CC1CCC1)C1C2CCCC21. The fourth-order valence-electron chi connectivity index (χ4n) is 4.20. The quantitative estimate of drug-likeness (QED) is 0.730. The second-order valence-corrected chi connectivity index (χ2v) is 6.03. The van der Waals surface area contributed by atoms with Gasteiger partial charge in [-0.25, -0.2) is 0 Å². The highest BCUT2D eigenvalue weighted by Crippen LogP contribution is 2.59. The van der Waals surface area contributed by atoms with E-state index < -0.39 is 0 Å². The van der Waals surface area contributed by atoms with Crippen LogP contribution in [0.4, 0.5) is 0 Å². The molecule has 0 aliphatic heterocycles. The third-order valence-corrected chi connectivity index (χ3v) is 5.22. The van der Waals surface area contributed by atoms with Gasteiger partial charge in [0.15, 0.2) is 0 Å². The van der Waals surface area contributed by atoms with E-state index in [1.54, 1.807) is 12.8 Å². The van der Waals surface area contributed by atoms with Crippen LogP contribution >= 0.6 is 0 Å². The van der Waals surface area contributed by atoms with Gasteiger partial charge in [-0.1, -0.05) is 32.6 Å². The predicted octanol–water partition coefficient (Wildman–Crippen LogP) is 3.20. The van der Waals surface area contributed by atoms with Gasteiger partial charge >= 0.3 is 0 Å². The van der Waals surface area contributed by atoms with Crippen LogP contribution in [-0.2, 0) is 0 Å². The van der Waals surface area contributed by atoms with E-state index in [1.807, 2.05) is 0 Å². The third kappa shape index (κ3) is 1.84. The lowest BCUT2D eigenvalue weighted by Crippen LogP contribution is -2.35. The Bertz CT molecular complexity index is 211. The Balaban J connectivity index is 1.54. The molecule has 0 radical (unpaired) electrons. The molecule has 0 aromatic carbocycles. The number of nitrogens with one attached hydrogen (secondary N) is 1. The van der Waals surface area contributed by atoms with Crippen molar-refractivity contribution in [3.8, 4) is 0 Å². The Morgan fingerprint density at radius 2 is 1.73 bits per heavy atom. The predicted molar refractivity (Wildman–Crippen MR) is 63.7 cm³/mol. The van der Waals surface area contributed by atoms with Gasteiger partial charge in [-0.05, 0) is 49.5 Å². The molecule has 15 heavy (non-hydrogen) atoms. The first-order valence-electron chi connectivity index (χ1n) is 7.13. The number of rotatable bonds is 5. The highest BCUT2D eigenvalue weighted by atomic mass is 14.9. The Hall–Kier alpha value is -0.0400. The number of hydrogen-bond donors (Lipinski definition) is 1. The summed E-state index contributed by atoms with van der Waals surface area (Å²) in [5.41, 5.74) is 0. The van der Waals surface area contributed by atoms with Crippen LogP contribution in [0, 0.1) is 23.7 Å². The van der Waals surface area contributed by atoms with E-state index in [4.69, 9.17) is 0 Å². The first-order valence-corrected chi connectivity index (χ1v) is 7.13. The van der Waals surface area contributed by atoms with Crippen molar-refractivity contribution in [2.45, 2.75) is 57.9 Å². The van der Waals surface area contributed by atoms with Gasteiger partial charge < -0.3 is 5.32 Å². The Morgan fingerprint density at radius 1 is 1.07 bits per heavy atom. The van der Waals surface area contributed by atoms with Crippen molar-refractivity contribution in [3.05, 3.63) is 0 Å². The largest absolute Gasteiger partial charge is 0.314 e. The van der Waals surface area contributed by atoms with Gasteiger partial charge in [0, 0.05) is 6.04 Å². The molecular weight excluding hydrogens is 182 g/mol. The molecule has 86 valence electrons. The van der Waals surface area contributed by atoms with Gasteiger partial charge in [-0.3, -0.25) is 0 Å². The van der Waals surface area contributed by atoms with Crippen molar-refractivity contribution in [3.63, 3.8) is 0 Å². The van der Waals surface area contributed by atoms with E-state index in [0.717, 1.165) is 29.7 Å². The van der Waals surface area contributed by atoms with Crippen molar-refractivity contribution >= 4 is 0 Å². The minimum atomic E-state index is 0.885. The molecular formula is C14H25N. The Morgan fingerprint density at radius 3 is 2.27 bits per heavy atom. The van der Waals surface area contributed by atoms with Crippen molar-refractivity contribution in [1.29, 1.82) is 0 Å². The van der Waals surface area contributed by atoms with E-state index >= 15 is 0 Å². The summed E-state index contributed by atoms with van der Waals surface area (Å²) in [6.45, 7) is 3.44. The highest BCUT2D eigenvalue weighted by molar-refractivity contribution is 5.06. The minimum absolute atomic E-state index is 0.885. The molecule has 3 atom stereocenters. The van der Waals surface area contributed by atoms with Crippen molar-refractivity contribution in [2.24, 2.45) is 23.7 Å². The zero-order chi connectivity index (χ0) is 10.3. The standard InChI is InChI=1S/C14H25N/c1-2-15-13(9-10-5-3-6-10)14-11-7-4-8-12(11)14/h10-15H,2-9H2,1H3. The van der Waals surface area contributed by atoms with Crippen molar-refractivity contribution < 1.29 is 0 Å². The molecule has 0 aromatic rings. The van der Waals surface area contributed by atoms with Crippen LogP contribution in [0.5, 0.6) is 0 Å². The zero-order valence-corrected chi connectivity index (χ0v) is 10.0. The van der Waals surface area contributed by atoms with Gasteiger partial charge in [0.1, 0.15) is 0 Å². The van der Waals surface area contributed by atoms with Crippen LogP contribution < -0.4 is 5.32 Å². The molecule has 3 aliphatic rings. The summed E-state index contributed by atoms with van der Waals surface area (Å²) < 4.78 is 0. The normalized spacial score (nSPS) is 41.0. The van der Waals surface area contributed by atoms with Gasteiger partial charge in [-0.15, -0.1) is 0 Å². The van der Waals surface area contributed by atoms with Crippen molar-refractivity contribution in [2.75, 3.05) is 6.54 Å². The van der Waals surface area contributed by atoms with Crippen LogP contribution in [0.25, 0.3) is 0 Å². The molecule has 0 bridgehead atoms. The molecule has 3 unspecified atom stereocenters.